The molecule has 0 radical (unpaired) electrons. The summed E-state index contributed by atoms with van der Waals surface area (Å²) in [4.78, 5) is 38.1. The molecule has 1 aliphatic carbocycles. The third-order valence-corrected chi connectivity index (χ3v) is 5.34. The van der Waals surface area contributed by atoms with E-state index in [0.717, 1.165) is 36.8 Å². The first-order chi connectivity index (χ1) is 12.5. The minimum atomic E-state index is -0.454. The number of esters is 1. The van der Waals surface area contributed by atoms with Gasteiger partial charge in [0.15, 0.2) is 6.61 Å². The Kier molecular flexibility index (Phi) is 5.91. The maximum atomic E-state index is 12.2. The van der Waals surface area contributed by atoms with Crippen LogP contribution in [0.4, 0.5) is 0 Å². The van der Waals surface area contributed by atoms with E-state index in [9.17, 15) is 14.4 Å². The second-order valence-electron chi connectivity index (χ2n) is 7.20. The Balaban J connectivity index is 1.41. The molecule has 2 fully saturated rings. The van der Waals surface area contributed by atoms with Crippen molar-refractivity contribution < 1.29 is 19.1 Å². The average molecular weight is 358 g/mol. The average Bonchev–Trinajstić information content (AvgIpc) is 3.28. The standard InChI is InChI=1S/C20H26N2O4/c1-14-6-2-3-7-15(14)11-21-18(23)13-26-20(25)16-10-19(24)22(12-16)17-8-4-5-9-17/h2-3,6-7,16-17H,4-5,8-13H2,1H3,(H,21,23)/t16-/m0/s1. The van der Waals surface area contributed by atoms with Crippen LogP contribution in [0.1, 0.15) is 43.2 Å². The van der Waals surface area contributed by atoms with Crippen LogP contribution in [0.25, 0.3) is 0 Å². The van der Waals surface area contributed by atoms with E-state index in [1.54, 1.807) is 0 Å². The van der Waals surface area contributed by atoms with Gasteiger partial charge in [0.2, 0.25) is 5.91 Å². The first-order valence-electron chi connectivity index (χ1n) is 9.32. The Bertz CT molecular complexity index is 682. The van der Waals surface area contributed by atoms with Gasteiger partial charge in [-0.3, -0.25) is 14.4 Å². The number of carbonyl (C=O) groups is 3. The highest BCUT2D eigenvalue weighted by Crippen LogP contribution is 2.29. The quantitative estimate of drug-likeness (QED) is 0.789. The van der Waals surface area contributed by atoms with Gasteiger partial charge in [-0.2, -0.15) is 0 Å². The summed E-state index contributed by atoms with van der Waals surface area (Å²) < 4.78 is 5.14. The van der Waals surface area contributed by atoms with Crippen LogP contribution < -0.4 is 5.32 Å². The van der Waals surface area contributed by atoms with Crippen molar-refractivity contribution in [3.05, 3.63) is 35.4 Å². The Labute approximate surface area is 153 Å². The number of nitrogens with one attached hydrogen (secondary N) is 1. The summed E-state index contributed by atoms with van der Waals surface area (Å²) in [6.45, 7) is 2.50. The number of hydrogen-bond acceptors (Lipinski definition) is 4. The lowest BCUT2D eigenvalue weighted by molar-refractivity contribution is -0.152. The van der Waals surface area contributed by atoms with Crippen molar-refractivity contribution in [3.8, 4) is 0 Å². The van der Waals surface area contributed by atoms with E-state index in [1.165, 1.54) is 0 Å². The maximum Gasteiger partial charge on any atom is 0.311 e. The highest BCUT2D eigenvalue weighted by molar-refractivity contribution is 5.88. The molecule has 1 saturated carbocycles. The van der Waals surface area contributed by atoms with Gasteiger partial charge in [-0.05, 0) is 30.9 Å². The Morgan fingerprint density at radius 1 is 1.23 bits per heavy atom. The second kappa shape index (κ2) is 8.34. The maximum absolute atomic E-state index is 12.2. The van der Waals surface area contributed by atoms with Crippen LogP contribution in [0.2, 0.25) is 0 Å². The SMILES string of the molecule is Cc1ccccc1CNC(=O)COC(=O)[C@H]1CC(=O)N(C2CCCC2)C1. The van der Waals surface area contributed by atoms with Crippen molar-refractivity contribution in [2.45, 2.75) is 51.6 Å². The van der Waals surface area contributed by atoms with Gasteiger partial charge in [0.25, 0.3) is 5.91 Å². The molecule has 1 heterocycles. The van der Waals surface area contributed by atoms with Crippen molar-refractivity contribution in [1.29, 1.82) is 0 Å². The summed E-state index contributed by atoms with van der Waals surface area (Å²) in [6.07, 6.45) is 4.53. The fraction of sp³-hybridized carbons (Fsp3) is 0.550. The number of hydrogen-bond donors (Lipinski definition) is 1. The summed E-state index contributed by atoms with van der Waals surface area (Å²) in [5, 5.41) is 2.75. The van der Waals surface area contributed by atoms with Crippen LogP contribution in [-0.4, -0.2) is 41.9 Å². The normalized spacial score (nSPS) is 20.4. The molecule has 3 rings (SSSR count). The van der Waals surface area contributed by atoms with Gasteiger partial charge >= 0.3 is 5.97 Å². The molecular weight excluding hydrogens is 332 g/mol. The van der Waals surface area contributed by atoms with E-state index >= 15 is 0 Å². The second-order valence-corrected chi connectivity index (χ2v) is 7.20. The van der Waals surface area contributed by atoms with Crippen molar-refractivity contribution in [2.24, 2.45) is 5.92 Å². The topological polar surface area (TPSA) is 75.7 Å². The zero-order chi connectivity index (χ0) is 18.5. The molecule has 6 nitrogen and oxygen atoms in total. The van der Waals surface area contributed by atoms with Crippen LogP contribution in [0.5, 0.6) is 0 Å². The molecule has 1 saturated heterocycles. The van der Waals surface area contributed by atoms with E-state index in [-0.39, 0.29) is 30.9 Å². The highest BCUT2D eigenvalue weighted by atomic mass is 16.5. The van der Waals surface area contributed by atoms with Gasteiger partial charge in [-0.15, -0.1) is 0 Å². The van der Waals surface area contributed by atoms with E-state index in [0.29, 0.717) is 13.1 Å². The van der Waals surface area contributed by atoms with Gasteiger partial charge in [0, 0.05) is 25.6 Å². The predicted octanol–water partition coefficient (Wildman–Crippen LogP) is 1.95. The number of nitrogens with zero attached hydrogens (tertiary/aromatic N) is 1. The molecule has 0 aromatic heterocycles. The smallest absolute Gasteiger partial charge is 0.311 e. The van der Waals surface area contributed by atoms with Gasteiger partial charge in [0.05, 0.1) is 5.92 Å². The fourth-order valence-corrected chi connectivity index (χ4v) is 3.77. The summed E-state index contributed by atoms with van der Waals surface area (Å²) in [5.74, 6) is -1.21. The lowest BCUT2D eigenvalue weighted by atomic mass is 10.1. The number of carbonyl (C=O) groups excluding carboxylic acids is 3. The molecule has 140 valence electrons. The zero-order valence-electron chi connectivity index (χ0n) is 15.2. The Morgan fingerprint density at radius 2 is 1.96 bits per heavy atom. The molecule has 2 aliphatic rings. The van der Waals surface area contributed by atoms with E-state index in [4.69, 9.17) is 4.74 Å². The molecule has 2 amide bonds. The summed E-state index contributed by atoms with van der Waals surface area (Å²) in [7, 11) is 0. The monoisotopic (exact) mass is 358 g/mol. The van der Waals surface area contributed by atoms with Crippen LogP contribution in [0, 0.1) is 12.8 Å². The number of aryl methyl sites for hydroxylation is 1. The number of rotatable bonds is 6. The minimum Gasteiger partial charge on any atom is -0.455 e. The van der Waals surface area contributed by atoms with Crippen LogP contribution in [0.3, 0.4) is 0 Å². The van der Waals surface area contributed by atoms with E-state index in [1.807, 2.05) is 36.1 Å². The van der Waals surface area contributed by atoms with Gasteiger partial charge in [-0.25, -0.2) is 0 Å². The zero-order valence-corrected chi connectivity index (χ0v) is 15.2. The van der Waals surface area contributed by atoms with Crippen LogP contribution in [0.15, 0.2) is 24.3 Å². The molecule has 1 aromatic carbocycles. The Hall–Kier alpha value is -2.37. The number of likely N-dealkylation sites (tertiary alicyclic amines) is 1. The minimum absolute atomic E-state index is 0.0304. The summed E-state index contributed by atoms with van der Waals surface area (Å²) >= 11 is 0. The lowest BCUT2D eigenvalue weighted by Crippen LogP contribution is -2.35. The first-order valence-corrected chi connectivity index (χ1v) is 9.32. The molecule has 0 bridgehead atoms. The highest BCUT2D eigenvalue weighted by Gasteiger charge is 2.39. The van der Waals surface area contributed by atoms with Gasteiger partial charge in [-0.1, -0.05) is 37.1 Å². The molecule has 1 aliphatic heterocycles. The largest absolute Gasteiger partial charge is 0.455 e. The molecule has 1 N–H and O–H groups in total. The van der Waals surface area contributed by atoms with Crippen LogP contribution >= 0.6 is 0 Å². The molecule has 1 atom stereocenters. The van der Waals surface area contributed by atoms with Gasteiger partial charge in [0.1, 0.15) is 0 Å². The number of ether oxygens (including phenoxy) is 1. The van der Waals surface area contributed by atoms with Crippen molar-refractivity contribution >= 4 is 17.8 Å². The first kappa shape index (κ1) is 18.4. The molecule has 0 unspecified atom stereocenters. The summed E-state index contributed by atoms with van der Waals surface area (Å²) in [5.41, 5.74) is 2.13. The molecule has 6 heteroatoms. The number of benzene rings is 1. The van der Waals surface area contributed by atoms with Crippen molar-refractivity contribution in [1.82, 2.24) is 10.2 Å². The molecule has 1 aromatic rings. The molecule has 26 heavy (non-hydrogen) atoms. The van der Waals surface area contributed by atoms with Crippen molar-refractivity contribution in [3.63, 3.8) is 0 Å². The molecular formula is C20H26N2O4. The van der Waals surface area contributed by atoms with E-state index in [2.05, 4.69) is 5.32 Å². The third-order valence-electron chi connectivity index (χ3n) is 5.34. The number of amides is 2. The predicted molar refractivity (Wildman–Crippen MR) is 96.1 cm³/mol. The van der Waals surface area contributed by atoms with Gasteiger partial charge < -0.3 is 15.0 Å². The molecule has 0 spiro atoms. The van der Waals surface area contributed by atoms with Crippen molar-refractivity contribution in [2.75, 3.05) is 13.2 Å². The lowest BCUT2D eigenvalue weighted by Gasteiger charge is -2.23. The summed E-state index contributed by atoms with van der Waals surface area (Å²) in [6, 6.07) is 8.07. The van der Waals surface area contributed by atoms with E-state index < -0.39 is 11.9 Å². The third kappa shape index (κ3) is 4.42. The fourth-order valence-electron chi connectivity index (χ4n) is 3.77. The van der Waals surface area contributed by atoms with Crippen LogP contribution in [-0.2, 0) is 25.7 Å². The Morgan fingerprint density at radius 3 is 2.69 bits per heavy atom.